The van der Waals surface area contributed by atoms with E-state index in [4.69, 9.17) is 0 Å². The number of hydrogen-bond acceptors (Lipinski definition) is 1. The third kappa shape index (κ3) is 3.30. The molecule has 0 amide bonds. The Bertz CT molecular complexity index is 142. The van der Waals surface area contributed by atoms with Crippen molar-refractivity contribution < 1.29 is 0 Å². The van der Waals surface area contributed by atoms with Crippen molar-refractivity contribution in [3.8, 4) is 0 Å². The molecule has 0 unspecified atom stereocenters. The highest BCUT2D eigenvalue weighted by Gasteiger charge is 2.24. The first-order valence-corrected chi connectivity index (χ1v) is 5.81. The molecule has 1 saturated carbocycles. The van der Waals surface area contributed by atoms with Crippen LogP contribution in [-0.4, -0.2) is 24.5 Å². The molecule has 0 radical (unpaired) electrons. The van der Waals surface area contributed by atoms with Gasteiger partial charge in [-0.25, -0.2) is 0 Å². The zero-order valence-electron chi connectivity index (χ0n) is 9.71. The van der Waals surface area contributed by atoms with Crippen LogP contribution < -0.4 is 0 Å². The zero-order valence-corrected chi connectivity index (χ0v) is 9.71. The summed E-state index contributed by atoms with van der Waals surface area (Å²) in [5, 5.41) is 0. The Morgan fingerprint density at radius 1 is 1.23 bits per heavy atom. The van der Waals surface area contributed by atoms with E-state index in [1.807, 2.05) is 0 Å². The molecule has 0 aromatic carbocycles. The minimum Gasteiger partial charge on any atom is -0.303 e. The third-order valence-corrected chi connectivity index (χ3v) is 3.29. The van der Waals surface area contributed by atoms with Gasteiger partial charge in [-0.3, -0.25) is 0 Å². The van der Waals surface area contributed by atoms with Crippen molar-refractivity contribution >= 4 is 0 Å². The minimum atomic E-state index is 0.805. The lowest BCUT2D eigenvalue weighted by molar-refractivity contribution is 0.127. The maximum Gasteiger partial charge on any atom is 0.0118 e. The first-order valence-electron chi connectivity index (χ1n) is 5.81. The summed E-state index contributed by atoms with van der Waals surface area (Å²) in [4.78, 5) is 2.58. The van der Waals surface area contributed by atoms with Crippen molar-refractivity contribution in [2.24, 2.45) is 11.8 Å². The van der Waals surface area contributed by atoms with Gasteiger partial charge in [0.15, 0.2) is 0 Å². The van der Waals surface area contributed by atoms with Crippen molar-refractivity contribution in [2.45, 2.75) is 52.5 Å². The summed E-state index contributed by atoms with van der Waals surface area (Å²) in [6, 6.07) is 0.858. The number of rotatable bonds is 3. The topological polar surface area (TPSA) is 3.24 Å². The quantitative estimate of drug-likeness (QED) is 0.649. The molecular formula is C12H25N. The van der Waals surface area contributed by atoms with Gasteiger partial charge in [-0.15, -0.1) is 0 Å². The van der Waals surface area contributed by atoms with Gasteiger partial charge < -0.3 is 4.90 Å². The fraction of sp³-hybridized carbons (Fsp3) is 1.00. The fourth-order valence-electron chi connectivity index (χ4n) is 2.66. The van der Waals surface area contributed by atoms with Crippen LogP contribution in [0.5, 0.6) is 0 Å². The van der Waals surface area contributed by atoms with Gasteiger partial charge in [-0.05, 0) is 31.7 Å². The molecule has 0 aromatic rings. The molecule has 0 spiro atoms. The third-order valence-electron chi connectivity index (χ3n) is 3.29. The lowest BCUT2D eigenvalue weighted by Crippen LogP contribution is -2.40. The summed E-state index contributed by atoms with van der Waals surface area (Å²) in [6.45, 7) is 8.30. The normalized spacial score (nSPS) is 30.0. The summed E-state index contributed by atoms with van der Waals surface area (Å²) in [7, 11) is 2.30. The Labute approximate surface area is 83.5 Å². The van der Waals surface area contributed by atoms with E-state index >= 15 is 0 Å². The molecule has 0 saturated heterocycles. The molecule has 0 N–H and O–H groups in total. The Hall–Kier alpha value is -0.0400. The van der Waals surface area contributed by atoms with Crippen LogP contribution in [0.3, 0.4) is 0 Å². The van der Waals surface area contributed by atoms with Crippen molar-refractivity contribution in [1.29, 1.82) is 0 Å². The van der Waals surface area contributed by atoms with E-state index in [9.17, 15) is 0 Å². The van der Waals surface area contributed by atoms with Crippen LogP contribution in [0.2, 0.25) is 0 Å². The monoisotopic (exact) mass is 183 g/mol. The standard InChI is InChI=1S/C12H25N/c1-10(2)9-13(4)12-8-6-5-7-11(12)3/h10-12H,5-9H2,1-4H3/t11-,12+/m1/s1. The van der Waals surface area contributed by atoms with E-state index in [1.165, 1.54) is 32.2 Å². The highest BCUT2D eigenvalue weighted by molar-refractivity contribution is 4.79. The van der Waals surface area contributed by atoms with Crippen molar-refractivity contribution in [1.82, 2.24) is 4.90 Å². The van der Waals surface area contributed by atoms with E-state index < -0.39 is 0 Å². The number of hydrogen-bond donors (Lipinski definition) is 0. The van der Waals surface area contributed by atoms with Gasteiger partial charge in [0.2, 0.25) is 0 Å². The first kappa shape index (κ1) is 11.0. The lowest BCUT2D eigenvalue weighted by atomic mass is 9.85. The molecule has 0 aliphatic heterocycles. The molecule has 1 nitrogen and oxygen atoms in total. The maximum absolute atomic E-state index is 2.58. The Balaban J connectivity index is 2.39. The van der Waals surface area contributed by atoms with Crippen molar-refractivity contribution in [3.63, 3.8) is 0 Å². The van der Waals surface area contributed by atoms with E-state index in [2.05, 4.69) is 32.7 Å². The van der Waals surface area contributed by atoms with E-state index in [0.717, 1.165) is 17.9 Å². The second-order valence-corrected chi connectivity index (χ2v) is 5.16. The van der Waals surface area contributed by atoms with Crippen molar-refractivity contribution in [3.05, 3.63) is 0 Å². The van der Waals surface area contributed by atoms with E-state index in [0.29, 0.717) is 0 Å². The van der Waals surface area contributed by atoms with Crippen LogP contribution in [-0.2, 0) is 0 Å². The molecule has 1 fully saturated rings. The second kappa shape index (κ2) is 4.99. The smallest absolute Gasteiger partial charge is 0.0118 e. The predicted octanol–water partition coefficient (Wildman–Crippen LogP) is 3.15. The highest BCUT2D eigenvalue weighted by atomic mass is 15.1. The van der Waals surface area contributed by atoms with Gasteiger partial charge >= 0.3 is 0 Å². The largest absolute Gasteiger partial charge is 0.303 e. The average Bonchev–Trinajstić information content (AvgIpc) is 2.03. The summed E-state index contributed by atoms with van der Waals surface area (Å²) in [5.41, 5.74) is 0. The van der Waals surface area contributed by atoms with Gasteiger partial charge in [-0.2, -0.15) is 0 Å². The van der Waals surface area contributed by atoms with Crippen LogP contribution in [0.1, 0.15) is 46.5 Å². The summed E-state index contributed by atoms with van der Waals surface area (Å²) >= 11 is 0. The molecular weight excluding hydrogens is 158 g/mol. The molecule has 0 aromatic heterocycles. The highest BCUT2D eigenvalue weighted by Crippen LogP contribution is 2.27. The van der Waals surface area contributed by atoms with Crippen LogP contribution in [0, 0.1) is 11.8 Å². The zero-order chi connectivity index (χ0) is 9.84. The van der Waals surface area contributed by atoms with Crippen LogP contribution in [0.25, 0.3) is 0 Å². The molecule has 2 atom stereocenters. The van der Waals surface area contributed by atoms with Crippen LogP contribution in [0.15, 0.2) is 0 Å². The summed E-state index contributed by atoms with van der Waals surface area (Å²) < 4.78 is 0. The molecule has 0 heterocycles. The van der Waals surface area contributed by atoms with E-state index in [-0.39, 0.29) is 0 Å². The molecule has 1 aliphatic rings. The van der Waals surface area contributed by atoms with E-state index in [1.54, 1.807) is 0 Å². The van der Waals surface area contributed by atoms with Gasteiger partial charge in [0.05, 0.1) is 0 Å². The van der Waals surface area contributed by atoms with Gasteiger partial charge in [0.1, 0.15) is 0 Å². The van der Waals surface area contributed by atoms with Gasteiger partial charge in [-0.1, -0.05) is 33.6 Å². The Morgan fingerprint density at radius 3 is 2.38 bits per heavy atom. The van der Waals surface area contributed by atoms with Crippen molar-refractivity contribution in [2.75, 3.05) is 13.6 Å². The fourth-order valence-corrected chi connectivity index (χ4v) is 2.66. The molecule has 13 heavy (non-hydrogen) atoms. The first-order chi connectivity index (χ1) is 6.11. The molecule has 1 heteroatoms. The Kier molecular flexibility index (Phi) is 4.24. The molecule has 0 bridgehead atoms. The Morgan fingerprint density at radius 2 is 1.85 bits per heavy atom. The SMILES string of the molecule is CC(C)CN(C)[C@H]1CCCC[C@H]1C. The lowest BCUT2D eigenvalue weighted by Gasteiger charge is -2.37. The molecule has 1 aliphatic carbocycles. The van der Waals surface area contributed by atoms with Gasteiger partial charge in [0.25, 0.3) is 0 Å². The average molecular weight is 183 g/mol. The number of nitrogens with zero attached hydrogens (tertiary/aromatic N) is 1. The summed E-state index contributed by atoms with van der Waals surface area (Å²) in [5.74, 6) is 1.72. The van der Waals surface area contributed by atoms with Crippen LogP contribution in [0.4, 0.5) is 0 Å². The molecule has 78 valence electrons. The van der Waals surface area contributed by atoms with Gasteiger partial charge in [0, 0.05) is 12.6 Å². The van der Waals surface area contributed by atoms with Crippen LogP contribution >= 0.6 is 0 Å². The predicted molar refractivity (Wildman–Crippen MR) is 58.9 cm³/mol. The molecule has 1 rings (SSSR count). The minimum absolute atomic E-state index is 0.805. The summed E-state index contributed by atoms with van der Waals surface area (Å²) in [6.07, 6.45) is 5.75. The maximum atomic E-state index is 2.58. The second-order valence-electron chi connectivity index (χ2n) is 5.16.